The summed E-state index contributed by atoms with van der Waals surface area (Å²) in [6.45, 7) is 0. The van der Waals surface area contributed by atoms with Gasteiger partial charge < -0.3 is 14.9 Å². The van der Waals surface area contributed by atoms with Crippen LogP contribution < -0.4 is 5.06 Å². The van der Waals surface area contributed by atoms with Gasteiger partial charge >= 0.3 is 7.82 Å². The number of anilines is 1. The molecule has 1 heterocycles. The summed E-state index contributed by atoms with van der Waals surface area (Å²) in [6, 6.07) is 6.35. The van der Waals surface area contributed by atoms with E-state index >= 15 is 0 Å². The standard InChI is InChI=1S/C10H9N2O5P/c11-6-8-5-4-7-2-1-3-9(13)10(7)12(8)17-18(14,15)16/h1-3,5,13H,4H2,(H2,14,15,16). The Morgan fingerprint density at radius 3 is 2.78 bits per heavy atom. The molecular formula is C10H9N2O5P. The number of nitriles is 1. The highest BCUT2D eigenvalue weighted by Gasteiger charge is 2.30. The number of hydrogen-bond donors (Lipinski definition) is 3. The van der Waals surface area contributed by atoms with Crippen LogP contribution in [0.4, 0.5) is 5.69 Å². The maximum atomic E-state index is 10.9. The fraction of sp³-hybridized carbons (Fsp3) is 0.100. The van der Waals surface area contributed by atoms with E-state index in [2.05, 4.69) is 4.62 Å². The first-order valence-corrected chi connectivity index (χ1v) is 6.42. The first-order valence-electron chi connectivity index (χ1n) is 4.89. The predicted octanol–water partition coefficient (Wildman–Crippen LogP) is 1.19. The van der Waals surface area contributed by atoms with Crippen molar-refractivity contribution in [1.82, 2.24) is 0 Å². The maximum absolute atomic E-state index is 10.9. The summed E-state index contributed by atoms with van der Waals surface area (Å²) < 4.78 is 15.3. The average molecular weight is 268 g/mol. The van der Waals surface area contributed by atoms with Crippen molar-refractivity contribution in [2.75, 3.05) is 5.06 Å². The summed E-state index contributed by atoms with van der Waals surface area (Å²) in [7, 11) is -4.84. The molecule has 0 spiro atoms. The number of phenolic OH excluding ortho intramolecular Hbond substituents is 1. The van der Waals surface area contributed by atoms with Crippen molar-refractivity contribution < 1.29 is 24.1 Å². The van der Waals surface area contributed by atoms with Crippen LogP contribution in [0.3, 0.4) is 0 Å². The Hall–Kier alpha value is -1.84. The zero-order valence-electron chi connectivity index (χ0n) is 9.02. The third-order valence-corrected chi connectivity index (χ3v) is 2.71. The molecular weight excluding hydrogens is 259 g/mol. The van der Waals surface area contributed by atoms with Gasteiger partial charge in [-0.2, -0.15) is 14.9 Å². The fourth-order valence-electron chi connectivity index (χ4n) is 1.67. The van der Waals surface area contributed by atoms with E-state index in [9.17, 15) is 9.67 Å². The third-order valence-electron chi connectivity index (χ3n) is 2.34. The summed E-state index contributed by atoms with van der Waals surface area (Å²) in [6.07, 6.45) is 1.82. The van der Waals surface area contributed by atoms with E-state index in [1.165, 1.54) is 12.1 Å². The summed E-state index contributed by atoms with van der Waals surface area (Å²) in [5.74, 6) is -0.221. The second-order valence-electron chi connectivity index (χ2n) is 3.56. The molecule has 0 bridgehead atoms. The lowest BCUT2D eigenvalue weighted by Gasteiger charge is -2.28. The van der Waals surface area contributed by atoms with Crippen LogP contribution in [0.25, 0.3) is 0 Å². The van der Waals surface area contributed by atoms with Gasteiger partial charge in [0.2, 0.25) is 0 Å². The third kappa shape index (κ3) is 2.37. The molecule has 1 aromatic rings. The first-order chi connectivity index (χ1) is 8.42. The van der Waals surface area contributed by atoms with Crippen LogP contribution in [0.2, 0.25) is 0 Å². The van der Waals surface area contributed by atoms with Crippen molar-refractivity contribution in [3.63, 3.8) is 0 Å². The molecule has 2 rings (SSSR count). The number of aromatic hydroxyl groups is 1. The van der Waals surface area contributed by atoms with Gasteiger partial charge in [-0.15, -0.1) is 0 Å². The van der Waals surface area contributed by atoms with Gasteiger partial charge in [0, 0.05) is 0 Å². The molecule has 3 N–H and O–H groups in total. The molecule has 7 nitrogen and oxygen atoms in total. The monoisotopic (exact) mass is 268 g/mol. The maximum Gasteiger partial charge on any atom is 0.491 e. The quantitative estimate of drug-likeness (QED) is 0.690. The highest BCUT2D eigenvalue weighted by Crippen LogP contribution is 2.45. The Morgan fingerprint density at radius 1 is 1.44 bits per heavy atom. The van der Waals surface area contributed by atoms with Crippen LogP contribution in [0.15, 0.2) is 30.0 Å². The average Bonchev–Trinajstić information content (AvgIpc) is 2.27. The van der Waals surface area contributed by atoms with Crippen LogP contribution in [-0.2, 0) is 15.6 Å². The lowest BCUT2D eigenvalue weighted by Crippen LogP contribution is -2.25. The minimum absolute atomic E-state index is 0.0693. The molecule has 1 aliphatic heterocycles. The fourth-order valence-corrected chi connectivity index (χ4v) is 2.05. The Bertz CT molecular complexity index is 601. The summed E-state index contributed by atoms with van der Waals surface area (Å²) in [4.78, 5) is 17.7. The van der Waals surface area contributed by atoms with Gasteiger partial charge in [-0.05, 0) is 24.1 Å². The minimum Gasteiger partial charge on any atom is -0.506 e. The van der Waals surface area contributed by atoms with Crippen LogP contribution in [0.5, 0.6) is 5.75 Å². The molecule has 8 heteroatoms. The number of phenols is 1. The SMILES string of the molecule is N#CC1=CCc2cccc(O)c2N1OP(=O)(O)O. The van der Waals surface area contributed by atoms with Gasteiger partial charge in [0.05, 0.1) is 0 Å². The lowest BCUT2D eigenvalue weighted by atomic mass is 10.0. The second kappa shape index (κ2) is 4.44. The Labute approximate surface area is 102 Å². The number of nitrogens with zero attached hydrogens (tertiary/aromatic N) is 2. The van der Waals surface area contributed by atoms with Crippen LogP contribution in [-0.4, -0.2) is 14.9 Å². The smallest absolute Gasteiger partial charge is 0.491 e. The van der Waals surface area contributed by atoms with E-state index in [1.807, 2.05) is 0 Å². The van der Waals surface area contributed by atoms with Crippen molar-refractivity contribution in [3.05, 3.63) is 35.5 Å². The molecule has 1 aliphatic rings. The number of fused-ring (bicyclic) bond motifs is 1. The van der Waals surface area contributed by atoms with Crippen molar-refractivity contribution in [3.8, 4) is 11.8 Å². The number of allylic oxidation sites excluding steroid dienone is 2. The Morgan fingerprint density at radius 2 is 2.17 bits per heavy atom. The number of phosphoric acid groups is 1. The number of benzene rings is 1. The molecule has 0 amide bonds. The molecule has 1 aromatic carbocycles. The van der Waals surface area contributed by atoms with Gasteiger partial charge in [0.25, 0.3) is 0 Å². The molecule has 0 fully saturated rings. The lowest BCUT2D eigenvalue weighted by molar-refractivity contribution is 0.191. The molecule has 0 unspecified atom stereocenters. The largest absolute Gasteiger partial charge is 0.506 e. The van der Waals surface area contributed by atoms with E-state index < -0.39 is 7.82 Å². The summed E-state index contributed by atoms with van der Waals surface area (Å²) >= 11 is 0. The van der Waals surface area contributed by atoms with Gasteiger partial charge in [-0.3, -0.25) is 0 Å². The molecule has 0 saturated heterocycles. The van der Waals surface area contributed by atoms with Crippen molar-refractivity contribution in [1.29, 1.82) is 5.26 Å². The van der Waals surface area contributed by atoms with E-state index in [0.717, 1.165) is 0 Å². The van der Waals surface area contributed by atoms with Crippen LogP contribution in [0, 0.1) is 11.3 Å². The Kier molecular flexibility index (Phi) is 3.11. The normalized spacial score (nSPS) is 14.7. The van der Waals surface area contributed by atoms with Gasteiger partial charge in [0.1, 0.15) is 23.2 Å². The van der Waals surface area contributed by atoms with Crippen LogP contribution in [0.1, 0.15) is 5.56 Å². The second-order valence-corrected chi connectivity index (χ2v) is 4.70. The van der Waals surface area contributed by atoms with E-state index in [4.69, 9.17) is 15.0 Å². The van der Waals surface area contributed by atoms with Gasteiger partial charge in [-0.25, -0.2) is 4.57 Å². The molecule has 0 aliphatic carbocycles. The zero-order valence-corrected chi connectivity index (χ0v) is 9.91. The number of hydroxylamine groups is 1. The first kappa shape index (κ1) is 12.6. The molecule has 0 saturated carbocycles. The summed E-state index contributed by atoms with van der Waals surface area (Å²) in [5, 5.41) is 19.3. The predicted molar refractivity (Wildman–Crippen MR) is 61.1 cm³/mol. The number of hydrogen-bond acceptors (Lipinski definition) is 5. The highest BCUT2D eigenvalue weighted by molar-refractivity contribution is 7.46. The number of para-hydroxylation sites is 1. The zero-order chi connectivity index (χ0) is 13.3. The molecule has 18 heavy (non-hydrogen) atoms. The van der Waals surface area contributed by atoms with Crippen molar-refractivity contribution in [2.45, 2.75) is 6.42 Å². The minimum atomic E-state index is -4.84. The van der Waals surface area contributed by atoms with Gasteiger partial charge in [-0.1, -0.05) is 12.1 Å². The van der Waals surface area contributed by atoms with Gasteiger partial charge in [0.15, 0.2) is 0 Å². The molecule has 0 aromatic heterocycles. The molecule has 0 atom stereocenters. The molecule has 0 radical (unpaired) electrons. The Balaban J connectivity index is 2.53. The molecule has 94 valence electrons. The van der Waals surface area contributed by atoms with E-state index in [1.54, 1.807) is 18.2 Å². The van der Waals surface area contributed by atoms with Crippen molar-refractivity contribution in [2.24, 2.45) is 0 Å². The van der Waals surface area contributed by atoms with E-state index in [0.29, 0.717) is 17.0 Å². The van der Waals surface area contributed by atoms with E-state index in [-0.39, 0.29) is 17.1 Å². The summed E-state index contributed by atoms with van der Waals surface area (Å²) in [5.41, 5.74) is 0.578. The van der Waals surface area contributed by atoms with Crippen LogP contribution >= 0.6 is 7.82 Å². The topological polar surface area (TPSA) is 114 Å². The van der Waals surface area contributed by atoms with Crippen molar-refractivity contribution >= 4 is 13.5 Å². The highest BCUT2D eigenvalue weighted by atomic mass is 31.2. The number of rotatable bonds is 2.